The Morgan fingerprint density at radius 3 is 2.62 bits per heavy atom. The molecule has 3 aromatic rings. The fourth-order valence-corrected chi connectivity index (χ4v) is 3.41. The summed E-state index contributed by atoms with van der Waals surface area (Å²) in [5.41, 5.74) is 4.85. The Bertz CT molecular complexity index is 1120. The summed E-state index contributed by atoms with van der Waals surface area (Å²) in [7, 11) is 0. The molecule has 150 valence electrons. The van der Waals surface area contributed by atoms with Gasteiger partial charge in [0.15, 0.2) is 0 Å². The third kappa shape index (κ3) is 4.40. The zero-order valence-corrected chi connectivity index (χ0v) is 17.7. The topological polar surface area (TPSA) is 64.0 Å². The van der Waals surface area contributed by atoms with Gasteiger partial charge in [-0.1, -0.05) is 42.3 Å². The number of nitrogens with one attached hydrogen (secondary N) is 1. The van der Waals surface area contributed by atoms with E-state index in [4.69, 9.17) is 11.6 Å². The van der Waals surface area contributed by atoms with E-state index in [9.17, 15) is 9.59 Å². The van der Waals surface area contributed by atoms with Crippen molar-refractivity contribution in [3.05, 3.63) is 80.6 Å². The summed E-state index contributed by atoms with van der Waals surface area (Å²) in [6.45, 7) is 7.70. The molecule has 5 nitrogen and oxygen atoms in total. The normalized spacial score (nSPS) is 11.9. The smallest absolute Gasteiger partial charge is 0.267 e. The quantitative estimate of drug-likeness (QED) is 0.639. The van der Waals surface area contributed by atoms with E-state index >= 15 is 0 Å². The van der Waals surface area contributed by atoms with E-state index < -0.39 is 6.04 Å². The van der Waals surface area contributed by atoms with E-state index in [1.807, 2.05) is 45.9 Å². The number of aryl methyl sites for hydroxylation is 2. The van der Waals surface area contributed by atoms with Crippen LogP contribution in [0.5, 0.6) is 0 Å². The van der Waals surface area contributed by atoms with E-state index in [0.29, 0.717) is 22.8 Å². The SMILES string of the molecule is CC[C@@H](C(=O)Nc1cccc(Cl)c1C)n1nc(-c2cc(C)ccc2C)ccc1=O. The molecule has 0 fully saturated rings. The number of amides is 1. The number of halogens is 1. The number of benzene rings is 2. The first-order valence-corrected chi connectivity index (χ1v) is 9.93. The van der Waals surface area contributed by atoms with Gasteiger partial charge in [0.25, 0.3) is 5.56 Å². The van der Waals surface area contributed by atoms with Crippen molar-refractivity contribution in [1.82, 2.24) is 9.78 Å². The molecule has 1 aromatic heterocycles. The van der Waals surface area contributed by atoms with Crippen LogP contribution in [0.25, 0.3) is 11.3 Å². The molecule has 0 aliphatic rings. The standard InChI is InChI=1S/C23H24ClN3O2/c1-5-21(23(29)25-19-8-6-7-18(24)16(19)4)27-22(28)12-11-20(26-27)17-13-14(2)9-10-15(17)3/h6-13,21H,5H2,1-4H3,(H,25,29)/t21-/m0/s1. The molecule has 3 rings (SSSR count). The summed E-state index contributed by atoms with van der Waals surface area (Å²) < 4.78 is 1.27. The van der Waals surface area contributed by atoms with Crippen LogP contribution in [-0.2, 0) is 4.79 Å². The zero-order chi connectivity index (χ0) is 21.1. The molecule has 0 spiro atoms. The summed E-state index contributed by atoms with van der Waals surface area (Å²) in [6.07, 6.45) is 0.425. The average Bonchev–Trinajstić information content (AvgIpc) is 2.69. The first-order chi connectivity index (χ1) is 13.8. The van der Waals surface area contributed by atoms with Gasteiger partial charge in [-0.25, -0.2) is 4.68 Å². The molecule has 2 aromatic carbocycles. The highest BCUT2D eigenvalue weighted by atomic mass is 35.5. The van der Waals surface area contributed by atoms with Crippen molar-refractivity contribution in [3.8, 4) is 11.3 Å². The molecule has 1 N–H and O–H groups in total. The average molecular weight is 410 g/mol. The van der Waals surface area contributed by atoms with Crippen LogP contribution in [-0.4, -0.2) is 15.7 Å². The number of hydrogen-bond acceptors (Lipinski definition) is 3. The number of aromatic nitrogens is 2. The maximum atomic E-state index is 13.0. The molecule has 0 aliphatic carbocycles. The molecule has 0 bridgehead atoms. The Kier molecular flexibility index (Phi) is 6.18. The van der Waals surface area contributed by atoms with Crippen molar-refractivity contribution in [3.63, 3.8) is 0 Å². The molecule has 29 heavy (non-hydrogen) atoms. The van der Waals surface area contributed by atoms with Gasteiger partial charge in [0.05, 0.1) is 5.69 Å². The van der Waals surface area contributed by atoms with E-state index in [2.05, 4.69) is 10.4 Å². The van der Waals surface area contributed by atoms with Gasteiger partial charge in [0.2, 0.25) is 5.91 Å². The van der Waals surface area contributed by atoms with Gasteiger partial charge < -0.3 is 5.32 Å². The monoisotopic (exact) mass is 409 g/mol. The van der Waals surface area contributed by atoms with Crippen LogP contribution in [0.1, 0.15) is 36.1 Å². The van der Waals surface area contributed by atoms with E-state index in [0.717, 1.165) is 22.3 Å². The van der Waals surface area contributed by atoms with Crippen molar-refractivity contribution in [2.75, 3.05) is 5.32 Å². The van der Waals surface area contributed by atoms with Gasteiger partial charge in [0, 0.05) is 22.3 Å². The minimum Gasteiger partial charge on any atom is -0.324 e. The highest BCUT2D eigenvalue weighted by molar-refractivity contribution is 6.31. The number of carbonyl (C=O) groups is 1. The summed E-state index contributed by atoms with van der Waals surface area (Å²) in [5, 5.41) is 7.99. The van der Waals surface area contributed by atoms with Gasteiger partial charge in [-0.3, -0.25) is 9.59 Å². The van der Waals surface area contributed by atoms with Gasteiger partial charge in [-0.15, -0.1) is 0 Å². The summed E-state index contributed by atoms with van der Waals surface area (Å²) >= 11 is 6.15. The lowest BCUT2D eigenvalue weighted by Crippen LogP contribution is -2.34. The van der Waals surface area contributed by atoms with Gasteiger partial charge in [-0.05, 0) is 62.6 Å². The van der Waals surface area contributed by atoms with Crippen LogP contribution >= 0.6 is 11.6 Å². The molecule has 0 radical (unpaired) electrons. The Morgan fingerprint density at radius 1 is 1.14 bits per heavy atom. The lowest BCUT2D eigenvalue weighted by molar-refractivity contribution is -0.119. The third-order valence-corrected chi connectivity index (χ3v) is 5.41. The largest absolute Gasteiger partial charge is 0.324 e. The second-order valence-corrected chi connectivity index (χ2v) is 7.55. The molecule has 6 heteroatoms. The molecule has 0 saturated carbocycles. The predicted octanol–water partition coefficient (Wildman–Crippen LogP) is 5.08. The second-order valence-electron chi connectivity index (χ2n) is 7.15. The van der Waals surface area contributed by atoms with Gasteiger partial charge in [0.1, 0.15) is 6.04 Å². The first kappa shape index (κ1) is 20.8. The number of anilines is 1. The molecule has 0 saturated heterocycles. The van der Waals surface area contributed by atoms with Crippen molar-refractivity contribution < 1.29 is 4.79 Å². The number of nitrogens with zero attached hydrogens (tertiary/aromatic N) is 2. The minimum absolute atomic E-state index is 0.300. The molecule has 1 amide bonds. The van der Waals surface area contributed by atoms with E-state index in [1.54, 1.807) is 24.3 Å². The second kappa shape index (κ2) is 8.62. The van der Waals surface area contributed by atoms with Crippen LogP contribution in [0.15, 0.2) is 53.3 Å². The van der Waals surface area contributed by atoms with E-state index in [-0.39, 0.29) is 11.5 Å². The fraction of sp³-hybridized carbons (Fsp3) is 0.261. The molecule has 0 unspecified atom stereocenters. The highest BCUT2D eigenvalue weighted by Gasteiger charge is 2.22. The van der Waals surface area contributed by atoms with Crippen LogP contribution in [0.2, 0.25) is 5.02 Å². The summed E-state index contributed by atoms with van der Waals surface area (Å²) in [4.78, 5) is 25.5. The maximum Gasteiger partial charge on any atom is 0.267 e. The minimum atomic E-state index is -0.731. The summed E-state index contributed by atoms with van der Waals surface area (Å²) in [6, 6.07) is 13.8. The third-order valence-electron chi connectivity index (χ3n) is 5.00. The van der Waals surface area contributed by atoms with Crippen molar-refractivity contribution in [2.24, 2.45) is 0 Å². The van der Waals surface area contributed by atoms with E-state index in [1.165, 1.54) is 10.7 Å². The maximum absolute atomic E-state index is 13.0. The van der Waals surface area contributed by atoms with Crippen molar-refractivity contribution >= 4 is 23.2 Å². The highest BCUT2D eigenvalue weighted by Crippen LogP contribution is 2.25. The van der Waals surface area contributed by atoms with Crippen LogP contribution < -0.4 is 10.9 Å². The molecular formula is C23H24ClN3O2. The molecular weight excluding hydrogens is 386 g/mol. The lowest BCUT2D eigenvalue weighted by Gasteiger charge is -2.19. The number of hydrogen-bond donors (Lipinski definition) is 1. The Balaban J connectivity index is 1.99. The Labute approximate surface area is 175 Å². The Hall–Kier alpha value is -2.92. The first-order valence-electron chi connectivity index (χ1n) is 9.55. The Morgan fingerprint density at radius 2 is 1.90 bits per heavy atom. The lowest BCUT2D eigenvalue weighted by atomic mass is 10.0. The summed E-state index contributed by atoms with van der Waals surface area (Å²) in [5.74, 6) is -0.300. The van der Waals surface area contributed by atoms with Crippen LogP contribution in [0, 0.1) is 20.8 Å². The van der Waals surface area contributed by atoms with Crippen molar-refractivity contribution in [2.45, 2.75) is 40.2 Å². The molecule has 0 aliphatic heterocycles. The van der Waals surface area contributed by atoms with Gasteiger partial charge >= 0.3 is 0 Å². The molecule has 1 atom stereocenters. The zero-order valence-electron chi connectivity index (χ0n) is 17.0. The van der Waals surface area contributed by atoms with Crippen LogP contribution in [0.3, 0.4) is 0 Å². The molecule has 1 heterocycles. The number of rotatable bonds is 5. The van der Waals surface area contributed by atoms with Crippen LogP contribution in [0.4, 0.5) is 5.69 Å². The predicted molar refractivity (Wildman–Crippen MR) is 118 cm³/mol. The number of carbonyl (C=O) groups excluding carboxylic acids is 1. The van der Waals surface area contributed by atoms with Gasteiger partial charge in [-0.2, -0.15) is 5.10 Å². The van der Waals surface area contributed by atoms with Crippen molar-refractivity contribution in [1.29, 1.82) is 0 Å². The fourth-order valence-electron chi connectivity index (χ4n) is 3.23.